The first-order valence-corrected chi connectivity index (χ1v) is 1.37. The molecule has 0 heterocycles. The minimum absolute atomic E-state index is 0. The molecule has 0 unspecified atom stereocenters. The van der Waals surface area contributed by atoms with Gasteiger partial charge in [-0.2, -0.15) is 0 Å². The van der Waals surface area contributed by atoms with E-state index in [0.717, 1.165) is 0 Å². The molecule has 9 heteroatoms. The Morgan fingerprint density at radius 2 is 0.667 bits per heavy atom. The summed E-state index contributed by atoms with van der Waals surface area (Å²) in [6.07, 6.45) is 0. The molecule has 0 aliphatic heterocycles. The average Bonchev–Trinajstić information content (AvgIpc) is 1.00. The second-order valence-electron chi connectivity index (χ2n) is 0. The third-order valence-corrected chi connectivity index (χ3v) is 0. The van der Waals surface area contributed by atoms with Crippen molar-refractivity contribution in [2.75, 3.05) is 0 Å². The fourth-order valence-corrected chi connectivity index (χ4v) is 0. The Bertz CT molecular complexity index is 14.9. The van der Waals surface area contributed by atoms with Gasteiger partial charge in [0, 0.05) is 0 Å². The van der Waals surface area contributed by atoms with Gasteiger partial charge >= 0.3 is 139 Å². The van der Waals surface area contributed by atoms with Gasteiger partial charge in [0.05, 0.1) is 0 Å². The molecule has 0 aromatic heterocycles. The minimum atomic E-state index is 0. The van der Waals surface area contributed by atoms with E-state index in [1.54, 1.807) is 0 Å². The van der Waals surface area contributed by atoms with Crippen LogP contribution >= 0.6 is 0 Å². The van der Waals surface area contributed by atoms with Crippen LogP contribution in [0.25, 0.3) is 0 Å². The van der Waals surface area contributed by atoms with Crippen molar-refractivity contribution >= 4 is 22.5 Å². The zero-order valence-corrected chi connectivity index (χ0v) is 13.0. The van der Waals surface area contributed by atoms with E-state index in [9.17, 15) is 0 Å². The monoisotopic (exact) mass is 612 g/mol. The molecule has 9 heavy (non-hydrogen) atoms. The summed E-state index contributed by atoms with van der Waals surface area (Å²) in [5, 5.41) is 0. The molecular weight excluding hydrogens is 610 g/mol. The van der Waals surface area contributed by atoms with Gasteiger partial charge in [-0.1, -0.05) is 0 Å². The smallest absolute Gasteiger partial charge is 2.00 e. The van der Waals surface area contributed by atoms with E-state index in [4.69, 9.17) is 3.08 Å². The Morgan fingerprint density at radius 1 is 0.667 bits per heavy atom. The van der Waals surface area contributed by atoms with Crippen LogP contribution < -0.4 is 0 Å². The summed E-state index contributed by atoms with van der Waals surface area (Å²) >= 11 is 0.300. The van der Waals surface area contributed by atoms with E-state index in [0.29, 0.717) is 22.5 Å². The third-order valence-electron chi connectivity index (χ3n) is 0. The summed E-state index contributed by atoms with van der Waals surface area (Å²) < 4.78 is 8.34. The Morgan fingerprint density at radius 3 is 0.667 bits per heavy atom. The summed E-state index contributed by atoms with van der Waals surface area (Å²) in [6.45, 7) is 0. The van der Waals surface area contributed by atoms with E-state index >= 15 is 0 Å². The molecule has 0 bridgehead atoms. The molecule has 0 aliphatic rings. The summed E-state index contributed by atoms with van der Waals surface area (Å²) in [6, 6.07) is 0. The molecule has 64 valence electrons. The van der Waals surface area contributed by atoms with Crippen molar-refractivity contribution in [2.45, 2.75) is 0 Å². The average molecular weight is 610 g/mol. The van der Waals surface area contributed by atoms with Gasteiger partial charge in [-0.15, -0.1) is 0 Å². The second kappa shape index (κ2) is 88.7. The molecule has 0 N–H and O–H groups in total. The van der Waals surface area contributed by atoms with Crippen molar-refractivity contribution < 1.29 is 138 Å². The van der Waals surface area contributed by atoms with Crippen LogP contribution in [0.4, 0.5) is 0 Å². The zero-order chi connectivity index (χ0) is 2.00. The van der Waals surface area contributed by atoms with Gasteiger partial charge < -0.3 is 21.9 Å². The molecule has 0 fully saturated rings. The molecule has 0 saturated heterocycles. The molecule has 0 aliphatic carbocycles. The predicted molar refractivity (Wildman–Crippen MR) is 9.19 cm³/mol. The van der Waals surface area contributed by atoms with Crippen LogP contribution in [-0.4, -0.2) is 22.5 Å². The molecule has 0 atom stereocenters. The van der Waals surface area contributed by atoms with E-state index < -0.39 is 0 Å². The normalized spacial score (nSPS) is 0.444. The quantitative estimate of drug-likeness (QED) is 0.321. The fraction of sp³-hybridized carbons (Fsp3) is 0. The second-order valence-corrected chi connectivity index (χ2v) is 0. The Kier molecular flexibility index (Phi) is 726. The van der Waals surface area contributed by atoms with E-state index in [1.165, 1.54) is 0 Å². The molecule has 0 amide bonds. The van der Waals surface area contributed by atoms with E-state index in [-0.39, 0.29) is 135 Å². The SMILES string of the molecule is [O-2].[O-2].[O-2].[O-2].[O]=[Sn].[Yb+3].[Yb+3].[Zn+2]. The molecular formula is O5SnYb2Zn. The van der Waals surface area contributed by atoms with Crippen LogP contribution in [0.5, 0.6) is 0 Å². The molecule has 4 radical (unpaired) electrons. The predicted octanol–water partition coefficient (Wildman–Crippen LogP) is -0.977. The fourth-order valence-electron chi connectivity index (χ4n) is 0. The summed E-state index contributed by atoms with van der Waals surface area (Å²) in [4.78, 5) is 0. The van der Waals surface area contributed by atoms with Gasteiger partial charge in [0.1, 0.15) is 0 Å². The van der Waals surface area contributed by atoms with Gasteiger partial charge in [0.2, 0.25) is 0 Å². The van der Waals surface area contributed by atoms with Crippen LogP contribution in [0.2, 0.25) is 0 Å². The van der Waals surface area contributed by atoms with Crippen LogP contribution in [0.1, 0.15) is 0 Å². The summed E-state index contributed by atoms with van der Waals surface area (Å²) in [5.41, 5.74) is 0. The summed E-state index contributed by atoms with van der Waals surface area (Å²) in [7, 11) is 0. The van der Waals surface area contributed by atoms with Gasteiger partial charge in [0.25, 0.3) is 0 Å². The van der Waals surface area contributed by atoms with Gasteiger partial charge in [-0.25, -0.2) is 0 Å². The minimum Gasteiger partial charge on any atom is 2.00 e. The van der Waals surface area contributed by atoms with Crippen molar-refractivity contribution in [2.24, 2.45) is 0 Å². The van der Waals surface area contributed by atoms with Crippen molar-refractivity contribution in [3.05, 3.63) is 0 Å². The first-order valence-electron chi connectivity index (χ1n) is 0.204. The van der Waals surface area contributed by atoms with Crippen LogP contribution in [0, 0.1) is 93.8 Å². The van der Waals surface area contributed by atoms with Crippen LogP contribution in [-0.2, 0) is 44.5 Å². The Balaban J connectivity index is -0.000000000238. The molecule has 0 spiro atoms. The topological polar surface area (TPSA) is 131 Å². The molecule has 0 aromatic rings. The third kappa shape index (κ3) is 73.4. The van der Waals surface area contributed by atoms with Crippen molar-refractivity contribution in [3.8, 4) is 0 Å². The van der Waals surface area contributed by atoms with Crippen LogP contribution in [0.3, 0.4) is 0 Å². The Hall–Kier alpha value is 4.10. The maximum Gasteiger partial charge on any atom is 3.00 e. The zero-order valence-electron chi connectivity index (χ0n) is 3.78. The standard InChI is InChI=1S/5O.Sn.2Yb.Zn/q;4*-2;;2*+3;+2. The number of hydrogen-bond donors (Lipinski definition) is 0. The van der Waals surface area contributed by atoms with Crippen molar-refractivity contribution in [1.82, 2.24) is 0 Å². The van der Waals surface area contributed by atoms with Crippen LogP contribution in [0.15, 0.2) is 0 Å². The molecule has 0 saturated carbocycles. The van der Waals surface area contributed by atoms with Gasteiger partial charge in [-0.05, 0) is 0 Å². The maximum atomic E-state index is 8.34. The maximum absolute atomic E-state index is 8.34. The first kappa shape index (κ1) is 73.7. The van der Waals surface area contributed by atoms with Crippen molar-refractivity contribution in [3.63, 3.8) is 0 Å². The first-order chi connectivity index (χ1) is 1.00. The van der Waals surface area contributed by atoms with Crippen molar-refractivity contribution in [1.29, 1.82) is 0 Å². The van der Waals surface area contributed by atoms with E-state index in [1.807, 2.05) is 0 Å². The summed E-state index contributed by atoms with van der Waals surface area (Å²) in [5.74, 6) is 0. The largest absolute Gasteiger partial charge is 3.00 e. The molecule has 0 rings (SSSR count). The number of hydrogen-bond acceptors (Lipinski definition) is 1. The molecule has 5 nitrogen and oxygen atoms in total. The van der Waals surface area contributed by atoms with Gasteiger partial charge in [0.15, 0.2) is 0 Å². The molecule has 0 aromatic carbocycles. The Labute approximate surface area is 156 Å². The van der Waals surface area contributed by atoms with Gasteiger partial charge in [-0.3, -0.25) is 0 Å². The van der Waals surface area contributed by atoms with E-state index in [2.05, 4.69) is 0 Å². The number of rotatable bonds is 0.